The lowest BCUT2D eigenvalue weighted by Crippen LogP contribution is -2.05. The topological polar surface area (TPSA) is 62.1 Å². The van der Waals surface area contributed by atoms with Crippen molar-refractivity contribution in [2.45, 2.75) is 13.2 Å². The number of ether oxygens (including phenoxy) is 1. The van der Waals surface area contributed by atoms with Gasteiger partial charge in [-0.1, -0.05) is 42.5 Å². The Labute approximate surface area is 152 Å². The van der Waals surface area contributed by atoms with Gasteiger partial charge in [0, 0.05) is 12.2 Å². The van der Waals surface area contributed by atoms with Gasteiger partial charge in [0.05, 0.1) is 17.2 Å². The summed E-state index contributed by atoms with van der Waals surface area (Å²) >= 11 is 0. The molecule has 0 aliphatic carbocycles. The van der Waals surface area contributed by atoms with Gasteiger partial charge >= 0.3 is 5.97 Å². The molecular weight excluding hydrogens is 324 g/mol. The van der Waals surface area contributed by atoms with Gasteiger partial charge in [0.1, 0.15) is 6.61 Å². The molecule has 4 heteroatoms. The molecule has 0 saturated heterocycles. The van der Waals surface area contributed by atoms with Gasteiger partial charge in [0.25, 0.3) is 0 Å². The normalized spacial score (nSPS) is 9.96. The van der Waals surface area contributed by atoms with E-state index in [0.717, 1.165) is 16.8 Å². The van der Waals surface area contributed by atoms with Gasteiger partial charge in [-0.2, -0.15) is 5.26 Å². The largest absolute Gasteiger partial charge is 0.457 e. The van der Waals surface area contributed by atoms with Gasteiger partial charge in [-0.3, -0.25) is 0 Å². The Hall–Kier alpha value is -3.58. The highest BCUT2D eigenvalue weighted by molar-refractivity contribution is 5.89. The van der Waals surface area contributed by atoms with E-state index in [9.17, 15) is 4.79 Å². The standard InChI is InChI=1S/C22H18N2O2/c23-14-17-6-8-18(9-7-17)15-24-21-12-10-20(11-13-21)22(25)26-16-19-4-2-1-3-5-19/h1-13,24H,15-16H2. The van der Waals surface area contributed by atoms with Crippen LogP contribution < -0.4 is 5.32 Å². The van der Waals surface area contributed by atoms with Crippen LogP contribution in [0.25, 0.3) is 0 Å². The molecule has 0 aromatic heterocycles. The van der Waals surface area contributed by atoms with Crippen molar-refractivity contribution >= 4 is 11.7 Å². The summed E-state index contributed by atoms with van der Waals surface area (Å²) in [6, 6.07) is 26.3. The maximum atomic E-state index is 12.1. The smallest absolute Gasteiger partial charge is 0.338 e. The van der Waals surface area contributed by atoms with E-state index in [-0.39, 0.29) is 12.6 Å². The van der Waals surface area contributed by atoms with Crippen LogP contribution in [0.2, 0.25) is 0 Å². The summed E-state index contributed by atoms with van der Waals surface area (Å²) in [5, 5.41) is 12.1. The fourth-order valence-electron chi connectivity index (χ4n) is 2.43. The third-order valence-electron chi connectivity index (χ3n) is 3.91. The van der Waals surface area contributed by atoms with E-state index < -0.39 is 0 Å². The molecule has 3 aromatic rings. The highest BCUT2D eigenvalue weighted by Gasteiger charge is 2.07. The molecule has 0 spiro atoms. The fraction of sp³-hybridized carbons (Fsp3) is 0.0909. The van der Waals surface area contributed by atoms with Crippen LogP contribution in [0.4, 0.5) is 5.69 Å². The van der Waals surface area contributed by atoms with Crippen LogP contribution >= 0.6 is 0 Å². The molecule has 128 valence electrons. The number of hydrogen-bond acceptors (Lipinski definition) is 4. The van der Waals surface area contributed by atoms with Crippen molar-refractivity contribution in [2.75, 3.05) is 5.32 Å². The lowest BCUT2D eigenvalue weighted by atomic mass is 10.1. The maximum absolute atomic E-state index is 12.1. The van der Waals surface area contributed by atoms with Crippen LogP contribution in [0.15, 0.2) is 78.9 Å². The van der Waals surface area contributed by atoms with Gasteiger partial charge in [0.2, 0.25) is 0 Å². The van der Waals surface area contributed by atoms with Crippen LogP contribution in [-0.4, -0.2) is 5.97 Å². The molecule has 0 unspecified atom stereocenters. The molecule has 26 heavy (non-hydrogen) atoms. The third-order valence-corrected chi connectivity index (χ3v) is 3.91. The second-order valence-electron chi connectivity index (χ2n) is 5.80. The zero-order valence-electron chi connectivity index (χ0n) is 14.2. The number of nitriles is 1. The Bertz CT molecular complexity index is 896. The Balaban J connectivity index is 1.52. The highest BCUT2D eigenvalue weighted by Crippen LogP contribution is 2.13. The van der Waals surface area contributed by atoms with E-state index in [1.165, 1.54) is 0 Å². The van der Waals surface area contributed by atoms with Crippen LogP contribution in [-0.2, 0) is 17.9 Å². The predicted octanol–water partition coefficient (Wildman–Crippen LogP) is 4.53. The van der Waals surface area contributed by atoms with Gasteiger partial charge in [-0.15, -0.1) is 0 Å². The molecule has 0 radical (unpaired) electrons. The molecule has 0 saturated carbocycles. The van der Waals surface area contributed by atoms with Crippen LogP contribution in [0.1, 0.15) is 27.0 Å². The van der Waals surface area contributed by atoms with Gasteiger partial charge < -0.3 is 10.1 Å². The summed E-state index contributed by atoms with van der Waals surface area (Å²) in [5.41, 5.74) is 4.11. The van der Waals surface area contributed by atoms with Crippen molar-refractivity contribution in [1.29, 1.82) is 5.26 Å². The number of carbonyl (C=O) groups excluding carboxylic acids is 1. The van der Waals surface area contributed by atoms with Crippen molar-refractivity contribution in [3.8, 4) is 6.07 Å². The fourth-order valence-corrected chi connectivity index (χ4v) is 2.43. The molecule has 0 aliphatic heterocycles. The quantitative estimate of drug-likeness (QED) is 0.669. The number of esters is 1. The second-order valence-corrected chi connectivity index (χ2v) is 5.80. The molecule has 0 fully saturated rings. The molecule has 4 nitrogen and oxygen atoms in total. The van der Waals surface area contributed by atoms with E-state index in [1.807, 2.05) is 54.6 Å². The number of nitrogens with one attached hydrogen (secondary N) is 1. The average Bonchev–Trinajstić information content (AvgIpc) is 2.72. The van der Waals surface area contributed by atoms with Crippen molar-refractivity contribution in [3.05, 3.63) is 101 Å². The Morgan fingerprint density at radius 3 is 2.23 bits per heavy atom. The van der Waals surface area contributed by atoms with E-state index >= 15 is 0 Å². The summed E-state index contributed by atoms with van der Waals surface area (Å²) in [6.07, 6.45) is 0. The first-order chi connectivity index (χ1) is 12.7. The molecule has 0 atom stereocenters. The minimum absolute atomic E-state index is 0.262. The van der Waals surface area contributed by atoms with E-state index in [1.54, 1.807) is 24.3 Å². The van der Waals surface area contributed by atoms with Crippen molar-refractivity contribution in [2.24, 2.45) is 0 Å². The Morgan fingerprint density at radius 1 is 0.885 bits per heavy atom. The molecule has 0 aliphatic rings. The lowest BCUT2D eigenvalue weighted by molar-refractivity contribution is 0.0473. The zero-order chi connectivity index (χ0) is 18.2. The number of hydrogen-bond donors (Lipinski definition) is 1. The van der Waals surface area contributed by atoms with Crippen LogP contribution in [0, 0.1) is 11.3 Å². The number of carbonyl (C=O) groups is 1. The van der Waals surface area contributed by atoms with Crippen LogP contribution in [0.5, 0.6) is 0 Å². The molecule has 0 bridgehead atoms. The zero-order valence-corrected chi connectivity index (χ0v) is 14.2. The lowest BCUT2D eigenvalue weighted by Gasteiger charge is -2.08. The first-order valence-electron chi connectivity index (χ1n) is 8.28. The molecule has 0 heterocycles. The number of anilines is 1. The van der Waals surface area contributed by atoms with Gasteiger partial charge in [0.15, 0.2) is 0 Å². The van der Waals surface area contributed by atoms with Crippen molar-refractivity contribution in [1.82, 2.24) is 0 Å². The van der Waals surface area contributed by atoms with Crippen LogP contribution in [0.3, 0.4) is 0 Å². The first kappa shape index (κ1) is 17.2. The van der Waals surface area contributed by atoms with Crippen molar-refractivity contribution in [3.63, 3.8) is 0 Å². The summed E-state index contributed by atoms with van der Waals surface area (Å²) in [6.45, 7) is 0.905. The van der Waals surface area contributed by atoms with Gasteiger partial charge in [-0.05, 0) is 47.5 Å². The Kier molecular flexibility index (Phi) is 5.64. The number of nitrogens with zero attached hydrogens (tertiary/aromatic N) is 1. The maximum Gasteiger partial charge on any atom is 0.338 e. The van der Waals surface area contributed by atoms with Gasteiger partial charge in [-0.25, -0.2) is 4.79 Å². The molecular formula is C22H18N2O2. The summed E-state index contributed by atoms with van der Waals surface area (Å²) in [5.74, 6) is -0.340. The Morgan fingerprint density at radius 2 is 1.58 bits per heavy atom. The third kappa shape index (κ3) is 4.71. The van der Waals surface area contributed by atoms with Crippen molar-refractivity contribution < 1.29 is 9.53 Å². The monoisotopic (exact) mass is 342 g/mol. The first-order valence-corrected chi connectivity index (χ1v) is 8.28. The minimum atomic E-state index is -0.340. The summed E-state index contributed by atoms with van der Waals surface area (Å²) in [7, 11) is 0. The SMILES string of the molecule is N#Cc1ccc(CNc2ccc(C(=O)OCc3ccccc3)cc2)cc1. The number of benzene rings is 3. The van der Waals surface area contributed by atoms with E-state index in [0.29, 0.717) is 17.7 Å². The molecule has 3 rings (SSSR count). The second kappa shape index (κ2) is 8.50. The molecule has 3 aromatic carbocycles. The average molecular weight is 342 g/mol. The van der Waals surface area contributed by atoms with E-state index in [2.05, 4.69) is 11.4 Å². The van der Waals surface area contributed by atoms with E-state index in [4.69, 9.17) is 10.00 Å². The predicted molar refractivity (Wildman–Crippen MR) is 100 cm³/mol. The molecule has 0 amide bonds. The highest BCUT2D eigenvalue weighted by atomic mass is 16.5. The number of rotatable bonds is 6. The minimum Gasteiger partial charge on any atom is -0.457 e. The summed E-state index contributed by atoms with van der Waals surface area (Å²) < 4.78 is 5.32. The molecule has 1 N–H and O–H groups in total. The summed E-state index contributed by atoms with van der Waals surface area (Å²) in [4.78, 5) is 12.1.